The van der Waals surface area contributed by atoms with Crippen molar-refractivity contribution < 1.29 is 23.0 Å². The number of halogens is 2. The number of nitrogens with zero attached hydrogens (tertiary/aromatic N) is 3. The van der Waals surface area contributed by atoms with Gasteiger partial charge >= 0.3 is 6.61 Å². The molecule has 29 heavy (non-hydrogen) atoms. The number of alkyl halides is 2. The summed E-state index contributed by atoms with van der Waals surface area (Å²) in [6.45, 7) is -0.659. The van der Waals surface area contributed by atoms with Crippen molar-refractivity contribution >= 4 is 5.91 Å². The first-order chi connectivity index (χ1) is 14.0. The zero-order valence-corrected chi connectivity index (χ0v) is 16.1. The molecule has 0 saturated heterocycles. The Hall–Kier alpha value is -3.42. The molecule has 0 bridgehead atoms. The lowest BCUT2D eigenvalue weighted by Crippen LogP contribution is -2.26. The van der Waals surface area contributed by atoms with Crippen LogP contribution in [0.1, 0.15) is 22.8 Å². The van der Waals surface area contributed by atoms with Crippen LogP contribution >= 0.6 is 0 Å². The van der Waals surface area contributed by atoms with E-state index in [0.29, 0.717) is 12.1 Å². The van der Waals surface area contributed by atoms with E-state index in [9.17, 15) is 13.6 Å². The summed E-state index contributed by atoms with van der Waals surface area (Å²) in [6, 6.07) is 13.8. The SMILES string of the molecule is CCOc1cc(C(=O)N(C)Cc2cnn(-c3ccccc3)c2)ccc1OC(F)F. The van der Waals surface area contributed by atoms with Crippen LogP contribution < -0.4 is 9.47 Å². The van der Waals surface area contributed by atoms with E-state index < -0.39 is 6.61 Å². The minimum atomic E-state index is -2.97. The quantitative estimate of drug-likeness (QED) is 0.569. The number of hydrogen-bond acceptors (Lipinski definition) is 4. The molecule has 8 heteroatoms. The first kappa shape index (κ1) is 20.3. The molecule has 0 fully saturated rings. The van der Waals surface area contributed by atoms with E-state index in [1.807, 2.05) is 36.5 Å². The maximum absolute atomic E-state index is 12.8. The molecule has 0 saturated carbocycles. The van der Waals surface area contributed by atoms with Crippen LogP contribution in [0.2, 0.25) is 0 Å². The van der Waals surface area contributed by atoms with Crippen molar-refractivity contribution in [1.29, 1.82) is 0 Å². The maximum Gasteiger partial charge on any atom is 0.387 e. The first-order valence-electron chi connectivity index (χ1n) is 9.04. The Morgan fingerprint density at radius 2 is 1.93 bits per heavy atom. The first-order valence-corrected chi connectivity index (χ1v) is 9.04. The highest BCUT2D eigenvalue weighted by Gasteiger charge is 2.18. The van der Waals surface area contributed by atoms with Crippen molar-refractivity contribution in [1.82, 2.24) is 14.7 Å². The van der Waals surface area contributed by atoms with E-state index in [2.05, 4.69) is 9.84 Å². The van der Waals surface area contributed by atoms with Crippen LogP contribution in [-0.2, 0) is 6.54 Å². The molecule has 3 rings (SSSR count). The average molecular weight is 401 g/mol. The van der Waals surface area contributed by atoms with Crippen molar-refractivity contribution in [3.8, 4) is 17.2 Å². The van der Waals surface area contributed by atoms with Gasteiger partial charge < -0.3 is 14.4 Å². The lowest BCUT2D eigenvalue weighted by molar-refractivity contribution is -0.0514. The minimum absolute atomic E-state index is 0.101. The van der Waals surface area contributed by atoms with Crippen LogP contribution in [0.15, 0.2) is 60.9 Å². The number of aromatic nitrogens is 2. The van der Waals surface area contributed by atoms with Gasteiger partial charge in [0.25, 0.3) is 5.91 Å². The zero-order valence-electron chi connectivity index (χ0n) is 16.1. The van der Waals surface area contributed by atoms with Crippen LogP contribution in [0, 0.1) is 0 Å². The number of carbonyl (C=O) groups is 1. The molecule has 152 valence electrons. The molecular formula is C21H21F2N3O3. The van der Waals surface area contributed by atoms with Crippen molar-refractivity contribution in [2.24, 2.45) is 0 Å². The van der Waals surface area contributed by atoms with E-state index in [1.54, 1.807) is 24.9 Å². The number of para-hydroxylation sites is 1. The molecule has 0 aliphatic carbocycles. The van der Waals surface area contributed by atoms with Gasteiger partial charge in [-0.15, -0.1) is 0 Å². The van der Waals surface area contributed by atoms with Crippen LogP contribution in [0.25, 0.3) is 5.69 Å². The summed E-state index contributed by atoms with van der Waals surface area (Å²) in [4.78, 5) is 14.3. The Kier molecular flexibility index (Phi) is 6.43. The maximum atomic E-state index is 12.8. The van der Waals surface area contributed by atoms with Gasteiger partial charge in [-0.05, 0) is 37.3 Å². The molecule has 0 spiro atoms. The molecule has 0 N–H and O–H groups in total. The minimum Gasteiger partial charge on any atom is -0.490 e. The predicted molar refractivity (Wildman–Crippen MR) is 104 cm³/mol. The van der Waals surface area contributed by atoms with Crippen LogP contribution in [-0.4, -0.2) is 40.9 Å². The Labute approximate surface area is 167 Å². The topological polar surface area (TPSA) is 56.6 Å². The van der Waals surface area contributed by atoms with Crippen LogP contribution in [0.5, 0.6) is 11.5 Å². The van der Waals surface area contributed by atoms with E-state index in [-0.39, 0.29) is 24.0 Å². The number of rotatable bonds is 8. The second-order valence-electron chi connectivity index (χ2n) is 6.26. The number of amides is 1. The molecule has 0 unspecified atom stereocenters. The van der Waals surface area contributed by atoms with Gasteiger partial charge in [0.1, 0.15) is 0 Å². The normalized spacial score (nSPS) is 10.8. The third-order valence-electron chi connectivity index (χ3n) is 4.13. The molecule has 0 atom stereocenters. The number of benzene rings is 2. The number of hydrogen-bond donors (Lipinski definition) is 0. The number of ether oxygens (including phenoxy) is 2. The molecule has 3 aromatic rings. The monoisotopic (exact) mass is 401 g/mol. The Balaban J connectivity index is 1.73. The lowest BCUT2D eigenvalue weighted by Gasteiger charge is -2.18. The molecule has 1 aromatic heterocycles. The molecule has 0 radical (unpaired) electrons. The third kappa shape index (κ3) is 5.10. The van der Waals surface area contributed by atoms with Gasteiger partial charge in [0.05, 0.1) is 18.5 Å². The van der Waals surface area contributed by atoms with Crippen molar-refractivity contribution in [2.75, 3.05) is 13.7 Å². The molecule has 6 nitrogen and oxygen atoms in total. The van der Waals surface area contributed by atoms with Crippen molar-refractivity contribution in [2.45, 2.75) is 20.1 Å². The fourth-order valence-corrected chi connectivity index (χ4v) is 2.83. The van der Waals surface area contributed by atoms with Crippen molar-refractivity contribution in [3.63, 3.8) is 0 Å². The molecule has 1 heterocycles. The fraction of sp³-hybridized carbons (Fsp3) is 0.238. The summed E-state index contributed by atoms with van der Waals surface area (Å²) in [5.74, 6) is -0.281. The van der Waals surface area contributed by atoms with Crippen molar-refractivity contribution in [3.05, 3.63) is 72.1 Å². The highest BCUT2D eigenvalue weighted by molar-refractivity contribution is 5.94. The average Bonchev–Trinajstić information content (AvgIpc) is 3.17. The Morgan fingerprint density at radius 1 is 1.17 bits per heavy atom. The Morgan fingerprint density at radius 3 is 2.62 bits per heavy atom. The molecule has 0 aliphatic rings. The van der Waals surface area contributed by atoms with Gasteiger partial charge in [0.15, 0.2) is 11.5 Å². The van der Waals surface area contributed by atoms with Gasteiger partial charge in [-0.3, -0.25) is 4.79 Å². The van der Waals surface area contributed by atoms with Gasteiger partial charge in [0.2, 0.25) is 0 Å². The summed E-state index contributed by atoms with van der Waals surface area (Å²) >= 11 is 0. The summed E-state index contributed by atoms with van der Waals surface area (Å²) in [7, 11) is 1.66. The molecule has 1 amide bonds. The van der Waals surface area contributed by atoms with E-state index in [4.69, 9.17) is 4.74 Å². The lowest BCUT2D eigenvalue weighted by atomic mass is 10.1. The van der Waals surface area contributed by atoms with Gasteiger partial charge in [-0.2, -0.15) is 13.9 Å². The van der Waals surface area contributed by atoms with E-state index in [0.717, 1.165) is 11.3 Å². The standard InChI is InChI=1S/C21H21F2N3O3/c1-3-28-19-11-16(9-10-18(19)29-21(22)23)20(27)25(2)13-15-12-24-26(14-15)17-7-5-4-6-8-17/h4-12,14,21H,3,13H2,1-2H3. The van der Waals surface area contributed by atoms with Gasteiger partial charge in [0, 0.05) is 30.9 Å². The van der Waals surface area contributed by atoms with Gasteiger partial charge in [-0.1, -0.05) is 18.2 Å². The highest BCUT2D eigenvalue weighted by Crippen LogP contribution is 2.30. The largest absolute Gasteiger partial charge is 0.490 e. The second kappa shape index (κ2) is 9.18. The summed E-state index contributed by atoms with van der Waals surface area (Å²) in [5, 5.41) is 4.32. The zero-order chi connectivity index (χ0) is 20.8. The Bertz CT molecular complexity index is 961. The van der Waals surface area contributed by atoms with Gasteiger partial charge in [-0.25, -0.2) is 4.68 Å². The third-order valence-corrected chi connectivity index (χ3v) is 4.13. The molecular weight excluding hydrogens is 380 g/mol. The highest BCUT2D eigenvalue weighted by atomic mass is 19.3. The summed E-state index contributed by atoms with van der Waals surface area (Å²) in [5.41, 5.74) is 2.09. The predicted octanol–water partition coefficient (Wildman–Crippen LogP) is 4.14. The fourth-order valence-electron chi connectivity index (χ4n) is 2.83. The summed E-state index contributed by atoms with van der Waals surface area (Å²) < 4.78 is 36.6. The second-order valence-corrected chi connectivity index (χ2v) is 6.26. The molecule has 2 aromatic carbocycles. The van der Waals surface area contributed by atoms with Crippen LogP contribution in [0.4, 0.5) is 8.78 Å². The number of carbonyl (C=O) groups excluding carboxylic acids is 1. The smallest absolute Gasteiger partial charge is 0.387 e. The summed E-state index contributed by atoms with van der Waals surface area (Å²) in [6.07, 6.45) is 3.55. The molecule has 0 aliphatic heterocycles. The van der Waals surface area contributed by atoms with E-state index >= 15 is 0 Å². The van der Waals surface area contributed by atoms with Crippen LogP contribution in [0.3, 0.4) is 0 Å². The van der Waals surface area contributed by atoms with E-state index in [1.165, 1.54) is 23.1 Å².